The van der Waals surface area contributed by atoms with Gasteiger partial charge in [-0.05, 0) is 29.8 Å². The van der Waals surface area contributed by atoms with E-state index in [0.29, 0.717) is 24.3 Å². The van der Waals surface area contributed by atoms with Gasteiger partial charge >= 0.3 is 12.6 Å². The lowest BCUT2D eigenvalue weighted by Crippen LogP contribution is -2.33. The molecule has 1 atom stereocenters. The number of urea groups is 1. The summed E-state index contributed by atoms with van der Waals surface area (Å²) in [6.45, 7) is -1.03. The molecule has 2 aromatic rings. The SMILES string of the molecule is [B]c1cc([C@@H]2CNCCO2)ccc1NC(=O)Nc1cc(C#N)ccc1OC(F)F. The van der Waals surface area contributed by atoms with Gasteiger partial charge in [-0.25, -0.2) is 4.79 Å². The van der Waals surface area contributed by atoms with E-state index in [1.54, 1.807) is 18.2 Å². The zero-order chi connectivity index (χ0) is 20.8. The maximum atomic E-state index is 12.6. The number of anilines is 2. The number of morpholine rings is 1. The summed E-state index contributed by atoms with van der Waals surface area (Å²) in [4.78, 5) is 12.3. The van der Waals surface area contributed by atoms with E-state index in [1.807, 2.05) is 6.07 Å². The first-order valence-electron chi connectivity index (χ1n) is 8.75. The van der Waals surface area contributed by atoms with Crippen molar-refractivity contribution in [2.24, 2.45) is 0 Å². The highest BCUT2D eigenvalue weighted by molar-refractivity contribution is 6.36. The van der Waals surface area contributed by atoms with Crippen LogP contribution in [0.3, 0.4) is 0 Å². The molecule has 3 rings (SSSR count). The molecule has 3 N–H and O–H groups in total. The van der Waals surface area contributed by atoms with E-state index in [2.05, 4.69) is 20.7 Å². The van der Waals surface area contributed by atoms with Gasteiger partial charge in [0.2, 0.25) is 0 Å². The number of nitrogens with zero attached hydrogens (tertiary/aromatic N) is 1. The van der Waals surface area contributed by atoms with Crippen molar-refractivity contribution in [1.29, 1.82) is 5.26 Å². The number of benzene rings is 2. The highest BCUT2D eigenvalue weighted by atomic mass is 19.3. The first-order chi connectivity index (χ1) is 14.0. The van der Waals surface area contributed by atoms with Crippen molar-refractivity contribution in [2.75, 3.05) is 30.3 Å². The predicted octanol–water partition coefficient (Wildman–Crippen LogP) is 2.26. The molecule has 0 spiro atoms. The minimum atomic E-state index is -3.08. The van der Waals surface area contributed by atoms with Crippen LogP contribution in [0.2, 0.25) is 0 Å². The first-order valence-corrected chi connectivity index (χ1v) is 8.75. The molecule has 1 fully saturated rings. The Balaban J connectivity index is 1.71. The summed E-state index contributed by atoms with van der Waals surface area (Å²) in [5, 5.41) is 17.1. The molecule has 148 valence electrons. The molecule has 0 aromatic heterocycles. The van der Waals surface area contributed by atoms with Gasteiger partial charge in [0.25, 0.3) is 0 Å². The van der Waals surface area contributed by atoms with Crippen LogP contribution >= 0.6 is 0 Å². The summed E-state index contributed by atoms with van der Waals surface area (Å²) in [6.07, 6.45) is -0.128. The van der Waals surface area contributed by atoms with Crippen molar-refractivity contribution in [1.82, 2.24) is 5.32 Å². The van der Waals surface area contributed by atoms with Crippen molar-refractivity contribution >= 4 is 30.7 Å². The number of nitriles is 1. The summed E-state index contributed by atoms with van der Waals surface area (Å²) < 4.78 is 35.2. The number of hydrogen-bond donors (Lipinski definition) is 3. The van der Waals surface area contributed by atoms with Crippen LogP contribution in [0.4, 0.5) is 25.0 Å². The summed E-state index contributed by atoms with van der Waals surface area (Å²) in [5.74, 6) is -0.264. The summed E-state index contributed by atoms with van der Waals surface area (Å²) in [7, 11) is 6.03. The van der Waals surface area contributed by atoms with E-state index >= 15 is 0 Å². The van der Waals surface area contributed by atoms with Crippen LogP contribution in [0.5, 0.6) is 5.75 Å². The lowest BCUT2D eigenvalue weighted by molar-refractivity contribution is -0.0493. The molecule has 0 saturated carbocycles. The van der Waals surface area contributed by atoms with E-state index in [9.17, 15) is 13.6 Å². The van der Waals surface area contributed by atoms with Crippen LogP contribution in [0.1, 0.15) is 17.2 Å². The largest absolute Gasteiger partial charge is 0.433 e. The van der Waals surface area contributed by atoms with Crippen LogP contribution in [0.25, 0.3) is 0 Å². The number of amides is 2. The fourth-order valence-corrected chi connectivity index (χ4v) is 2.85. The standard InChI is InChI=1S/C19H17BF2N4O3/c20-13-8-12(17-10-24-5-6-28-17)2-3-14(13)25-19(27)26-15-7-11(9-23)1-4-16(15)29-18(21)22/h1-4,7-8,17-18,24H,5-6,10H2,(H2,25,26,27)/t17-/m0/s1. The number of hydrogen-bond acceptors (Lipinski definition) is 5. The van der Waals surface area contributed by atoms with Gasteiger partial charge in [0, 0.05) is 18.8 Å². The molecule has 1 saturated heterocycles. The zero-order valence-electron chi connectivity index (χ0n) is 15.2. The number of carbonyl (C=O) groups excluding carboxylic acids is 1. The summed E-state index contributed by atoms with van der Waals surface area (Å²) in [5.41, 5.74) is 1.63. The maximum Gasteiger partial charge on any atom is 0.387 e. The van der Waals surface area contributed by atoms with Crippen molar-refractivity contribution in [3.8, 4) is 11.8 Å². The van der Waals surface area contributed by atoms with Gasteiger partial charge in [-0.2, -0.15) is 14.0 Å². The Morgan fingerprint density at radius 1 is 1.28 bits per heavy atom. The number of carbonyl (C=O) groups is 1. The van der Waals surface area contributed by atoms with Crippen LogP contribution in [0.15, 0.2) is 36.4 Å². The molecule has 0 unspecified atom stereocenters. The number of ether oxygens (including phenoxy) is 2. The van der Waals surface area contributed by atoms with Crippen molar-refractivity contribution < 1.29 is 23.0 Å². The van der Waals surface area contributed by atoms with E-state index in [1.165, 1.54) is 18.2 Å². The molecule has 1 aliphatic rings. The third kappa shape index (κ3) is 5.43. The normalized spacial score (nSPS) is 16.1. The van der Waals surface area contributed by atoms with Gasteiger partial charge in [0.1, 0.15) is 13.6 Å². The van der Waals surface area contributed by atoms with Crippen LogP contribution in [-0.2, 0) is 4.74 Å². The molecule has 2 aromatic carbocycles. The number of nitrogens with one attached hydrogen (secondary N) is 3. The average Bonchev–Trinajstić information content (AvgIpc) is 2.71. The van der Waals surface area contributed by atoms with Gasteiger partial charge in [-0.15, -0.1) is 0 Å². The Morgan fingerprint density at radius 2 is 2.07 bits per heavy atom. The third-order valence-electron chi connectivity index (χ3n) is 4.20. The molecular weight excluding hydrogens is 381 g/mol. The fraction of sp³-hybridized carbons (Fsp3) is 0.263. The van der Waals surface area contributed by atoms with E-state index in [0.717, 1.165) is 12.1 Å². The maximum absolute atomic E-state index is 12.6. The fourth-order valence-electron chi connectivity index (χ4n) is 2.85. The average molecular weight is 398 g/mol. The third-order valence-corrected chi connectivity index (χ3v) is 4.20. The number of alkyl halides is 2. The minimum absolute atomic E-state index is 0.0706. The molecule has 29 heavy (non-hydrogen) atoms. The Hall–Kier alpha value is -3.16. The van der Waals surface area contributed by atoms with Crippen LogP contribution in [-0.4, -0.2) is 40.2 Å². The van der Waals surface area contributed by atoms with Crippen LogP contribution < -0.4 is 26.2 Å². The van der Waals surface area contributed by atoms with Gasteiger partial charge in [0.15, 0.2) is 0 Å². The summed E-state index contributed by atoms with van der Waals surface area (Å²) >= 11 is 0. The first kappa shape index (κ1) is 20.6. The predicted molar refractivity (Wildman–Crippen MR) is 104 cm³/mol. The Kier molecular flexibility index (Phi) is 6.64. The second-order valence-corrected chi connectivity index (χ2v) is 6.19. The van der Waals surface area contributed by atoms with Crippen molar-refractivity contribution in [2.45, 2.75) is 12.7 Å². The monoisotopic (exact) mass is 398 g/mol. The smallest absolute Gasteiger partial charge is 0.387 e. The van der Waals surface area contributed by atoms with E-state index < -0.39 is 12.6 Å². The Bertz CT molecular complexity index is 930. The second kappa shape index (κ2) is 9.36. The number of rotatable bonds is 5. The molecule has 0 bridgehead atoms. The topological polar surface area (TPSA) is 95.4 Å². The van der Waals surface area contributed by atoms with Gasteiger partial charge in [0.05, 0.1) is 30.0 Å². The number of halogens is 2. The highest BCUT2D eigenvalue weighted by Crippen LogP contribution is 2.27. The quantitative estimate of drug-likeness (QED) is 0.672. The van der Waals surface area contributed by atoms with Crippen molar-refractivity contribution in [3.05, 3.63) is 47.5 Å². The molecule has 2 radical (unpaired) electrons. The molecule has 2 amide bonds. The van der Waals surface area contributed by atoms with Crippen molar-refractivity contribution in [3.63, 3.8) is 0 Å². The molecule has 7 nitrogen and oxygen atoms in total. The van der Waals surface area contributed by atoms with Gasteiger partial charge in [-0.3, -0.25) is 0 Å². The second-order valence-electron chi connectivity index (χ2n) is 6.19. The molecule has 1 heterocycles. The Morgan fingerprint density at radius 3 is 2.72 bits per heavy atom. The minimum Gasteiger partial charge on any atom is -0.433 e. The zero-order valence-corrected chi connectivity index (χ0v) is 15.2. The van der Waals surface area contributed by atoms with Gasteiger partial charge in [-0.1, -0.05) is 17.6 Å². The molecule has 10 heteroatoms. The lowest BCUT2D eigenvalue weighted by atomic mass is 9.90. The van der Waals surface area contributed by atoms with Crippen LogP contribution in [0, 0.1) is 11.3 Å². The van der Waals surface area contributed by atoms with E-state index in [4.69, 9.17) is 17.8 Å². The Labute approximate surface area is 167 Å². The molecular formula is C19H17BF2N4O3. The van der Waals surface area contributed by atoms with E-state index in [-0.39, 0.29) is 23.1 Å². The molecule has 0 aliphatic carbocycles. The molecule has 1 aliphatic heterocycles. The highest BCUT2D eigenvalue weighted by Gasteiger charge is 2.17. The van der Waals surface area contributed by atoms with Gasteiger partial charge < -0.3 is 25.4 Å². The lowest BCUT2D eigenvalue weighted by Gasteiger charge is -2.24. The summed E-state index contributed by atoms with van der Waals surface area (Å²) in [6, 6.07) is 9.97.